The van der Waals surface area contributed by atoms with Gasteiger partial charge in [-0.1, -0.05) is 37.5 Å². The van der Waals surface area contributed by atoms with Crippen molar-refractivity contribution in [3.63, 3.8) is 0 Å². The van der Waals surface area contributed by atoms with E-state index in [1.807, 2.05) is 0 Å². The highest BCUT2D eigenvalue weighted by Crippen LogP contribution is 2.41. The van der Waals surface area contributed by atoms with Crippen molar-refractivity contribution in [2.24, 2.45) is 5.92 Å². The van der Waals surface area contributed by atoms with E-state index in [-0.39, 0.29) is 0 Å². The van der Waals surface area contributed by atoms with Gasteiger partial charge in [-0.2, -0.15) is 4.57 Å². The number of nitrogens with zero attached hydrogens (tertiary/aromatic N) is 2. The van der Waals surface area contributed by atoms with Gasteiger partial charge in [-0.15, -0.1) is 0 Å². The average Bonchev–Trinajstić information content (AvgIpc) is 3.07. The first-order chi connectivity index (χ1) is 11.5. The number of allylic oxidation sites excluding steroid dienone is 1. The van der Waals surface area contributed by atoms with Gasteiger partial charge >= 0.3 is 0 Å². The molecule has 0 N–H and O–H groups in total. The van der Waals surface area contributed by atoms with E-state index >= 15 is 0 Å². The van der Waals surface area contributed by atoms with Crippen molar-refractivity contribution in [2.45, 2.75) is 58.8 Å². The number of aromatic nitrogens is 2. The maximum atomic E-state index is 9.30. The van der Waals surface area contributed by atoms with Gasteiger partial charge in [-0.3, -0.25) is 0 Å². The number of fused-ring (bicyclic) bond motifs is 1. The van der Waals surface area contributed by atoms with E-state index in [0.717, 1.165) is 0 Å². The molecule has 2 nitrogen and oxygen atoms in total. The summed E-state index contributed by atoms with van der Waals surface area (Å²) in [4.78, 5) is 0. The summed E-state index contributed by atoms with van der Waals surface area (Å²) < 4.78 is 13.9. The number of para-hydroxylation sites is 1. The maximum Gasteiger partial charge on any atom is 0.263 e. The normalized spacial score (nSPS) is 24.7. The highest BCUT2D eigenvalue weighted by Gasteiger charge is 2.38. The van der Waals surface area contributed by atoms with Gasteiger partial charge in [0.1, 0.15) is 11.4 Å². The van der Waals surface area contributed by atoms with Gasteiger partial charge in [0.05, 0.1) is 6.20 Å². The van der Waals surface area contributed by atoms with Crippen LogP contribution in [0.25, 0.3) is 11.9 Å². The summed E-state index contributed by atoms with van der Waals surface area (Å²) in [5.41, 5.74) is 4.89. The van der Waals surface area contributed by atoms with Crippen molar-refractivity contribution in [3.8, 4) is 5.69 Å². The fourth-order valence-corrected chi connectivity index (χ4v) is 4.47. The third-order valence-electron chi connectivity index (χ3n) is 5.67. The minimum atomic E-state index is -0.566. The van der Waals surface area contributed by atoms with E-state index in [1.165, 1.54) is 60.6 Å². The first-order valence-electron chi connectivity index (χ1n) is 9.43. The summed E-state index contributed by atoms with van der Waals surface area (Å²) in [5, 5.41) is 0. The molecule has 23 heavy (non-hydrogen) atoms. The number of rotatable bonds is 2. The molecule has 0 amide bonds. The molecule has 1 aromatic heterocycles. The van der Waals surface area contributed by atoms with Crippen LogP contribution in [0.1, 0.15) is 62.1 Å². The molecule has 1 aliphatic heterocycles. The Bertz CT molecular complexity index is 811. The Labute approximate surface area is 140 Å². The van der Waals surface area contributed by atoms with Gasteiger partial charge in [0, 0.05) is 21.1 Å². The molecule has 120 valence electrons. The number of hydrogen-bond donors (Lipinski definition) is 0. The summed E-state index contributed by atoms with van der Waals surface area (Å²) in [6.45, 7) is 6.51. The molecule has 0 saturated heterocycles. The van der Waals surface area contributed by atoms with Gasteiger partial charge in [-0.05, 0) is 43.4 Å². The monoisotopic (exact) mass is 308 g/mol. The zero-order valence-corrected chi connectivity index (χ0v) is 14.5. The number of imidazole rings is 1. The molecule has 1 saturated carbocycles. The highest BCUT2D eigenvalue weighted by molar-refractivity contribution is 5.44. The lowest BCUT2D eigenvalue weighted by molar-refractivity contribution is -0.609. The lowest BCUT2D eigenvalue weighted by Gasteiger charge is -2.25. The molecule has 4 rings (SSSR count). The molecule has 0 radical (unpaired) electrons. The molecule has 1 atom stereocenters. The second kappa shape index (κ2) is 5.67. The Balaban J connectivity index is 1.87. The SMILES string of the molecule is [2H]C1(C2CCCCC2)C=Cn2c1c(C)[n+](-c1ccccc1C)c2C. The Morgan fingerprint density at radius 2 is 1.83 bits per heavy atom. The standard InChI is InChI=1S/C21H27N2/c1-15-9-7-8-12-20(15)23-16(2)21-19(13-14-22(21)17(23)3)18-10-5-4-6-11-18/h7-9,12-14,18-19H,4-6,10-11H2,1-3H3/q+1/i19D. The van der Waals surface area contributed by atoms with Gasteiger partial charge in [0.15, 0.2) is 5.69 Å². The summed E-state index contributed by atoms with van der Waals surface area (Å²) in [5.74, 6) is 1.07. The second-order valence-corrected chi connectivity index (χ2v) is 7.08. The van der Waals surface area contributed by atoms with Crippen LogP contribution in [0.4, 0.5) is 0 Å². The zero-order chi connectivity index (χ0) is 16.9. The van der Waals surface area contributed by atoms with Crippen molar-refractivity contribution < 1.29 is 5.94 Å². The van der Waals surface area contributed by atoms with Crippen LogP contribution in [-0.4, -0.2) is 4.57 Å². The molecule has 0 bridgehead atoms. The van der Waals surface area contributed by atoms with Crippen LogP contribution in [0.3, 0.4) is 0 Å². The Kier molecular flexibility index (Phi) is 3.35. The minimum absolute atomic E-state index is 0.446. The topological polar surface area (TPSA) is 8.81 Å². The Morgan fingerprint density at radius 1 is 1.09 bits per heavy atom. The Hall–Kier alpha value is -1.83. The molecular weight excluding hydrogens is 280 g/mol. The molecule has 1 aromatic carbocycles. The fourth-order valence-electron chi connectivity index (χ4n) is 4.47. The van der Waals surface area contributed by atoms with Crippen molar-refractivity contribution in [2.75, 3.05) is 0 Å². The average molecular weight is 308 g/mol. The summed E-state index contributed by atoms with van der Waals surface area (Å²) in [6, 6.07) is 8.53. The van der Waals surface area contributed by atoms with Crippen LogP contribution in [-0.2, 0) is 0 Å². The maximum absolute atomic E-state index is 9.30. The van der Waals surface area contributed by atoms with Gasteiger partial charge in [0.25, 0.3) is 5.82 Å². The molecule has 1 aliphatic carbocycles. The summed E-state index contributed by atoms with van der Waals surface area (Å²) in [6.07, 6.45) is 10.5. The molecule has 1 fully saturated rings. The molecule has 2 aliphatic rings. The third-order valence-corrected chi connectivity index (χ3v) is 5.67. The van der Waals surface area contributed by atoms with E-state index in [9.17, 15) is 1.37 Å². The summed E-state index contributed by atoms with van der Waals surface area (Å²) in [7, 11) is 0. The molecule has 1 unspecified atom stereocenters. The first-order valence-corrected chi connectivity index (χ1v) is 8.93. The van der Waals surface area contributed by atoms with Crippen molar-refractivity contribution in [1.82, 2.24) is 4.57 Å². The van der Waals surface area contributed by atoms with Crippen LogP contribution in [0.2, 0.25) is 0 Å². The summed E-state index contributed by atoms with van der Waals surface area (Å²) >= 11 is 0. The van der Waals surface area contributed by atoms with E-state index in [0.29, 0.717) is 5.92 Å². The van der Waals surface area contributed by atoms with Crippen LogP contribution in [0.5, 0.6) is 0 Å². The molecule has 2 heterocycles. The van der Waals surface area contributed by atoms with Crippen molar-refractivity contribution in [3.05, 3.63) is 53.1 Å². The van der Waals surface area contributed by atoms with E-state index in [2.05, 4.69) is 66.4 Å². The van der Waals surface area contributed by atoms with Gasteiger partial charge in [0.2, 0.25) is 0 Å². The largest absolute Gasteiger partial charge is 0.263 e. The van der Waals surface area contributed by atoms with Crippen LogP contribution < -0.4 is 4.57 Å². The molecule has 0 spiro atoms. The number of benzene rings is 1. The van der Waals surface area contributed by atoms with E-state index < -0.39 is 5.89 Å². The fraction of sp³-hybridized carbons (Fsp3) is 0.476. The number of aryl methyl sites for hydroxylation is 1. The Morgan fingerprint density at radius 3 is 2.57 bits per heavy atom. The molecular formula is C21H27N2+. The zero-order valence-electron chi connectivity index (χ0n) is 15.5. The highest BCUT2D eigenvalue weighted by atomic mass is 15.2. The predicted octanol–water partition coefficient (Wildman–Crippen LogP) is 4.84. The van der Waals surface area contributed by atoms with Crippen LogP contribution in [0.15, 0.2) is 30.3 Å². The smallest absolute Gasteiger partial charge is 0.203 e. The van der Waals surface area contributed by atoms with Crippen LogP contribution >= 0.6 is 0 Å². The second-order valence-electron chi connectivity index (χ2n) is 7.08. The number of hydrogen-bond acceptors (Lipinski definition) is 0. The van der Waals surface area contributed by atoms with Crippen molar-refractivity contribution in [1.29, 1.82) is 0 Å². The first kappa shape index (κ1) is 13.6. The van der Waals surface area contributed by atoms with Gasteiger partial charge < -0.3 is 0 Å². The predicted molar refractivity (Wildman–Crippen MR) is 94.8 cm³/mol. The van der Waals surface area contributed by atoms with E-state index in [4.69, 9.17) is 0 Å². The lowest BCUT2D eigenvalue weighted by Crippen LogP contribution is -2.36. The lowest BCUT2D eigenvalue weighted by atomic mass is 9.79. The molecule has 2 heteroatoms. The van der Waals surface area contributed by atoms with Gasteiger partial charge in [-0.25, -0.2) is 4.57 Å². The van der Waals surface area contributed by atoms with Crippen molar-refractivity contribution >= 4 is 6.20 Å². The quantitative estimate of drug-likeness (QED) is 0.702. The van der Waals surface area contributed by atoms with E-state index in [1.54, 1.807) is 0 Å². The third kappa shape index (κ3) is 2.27. The molecule has 2 aromatic rings. The van der Waals surface area contributed by atoms with Crippen LogP contribution in [0, 0.1) is 26.7 Å². The minimum Gasteiger partial charge on any atom is -0.203 e.